The van der Waals surface area contributed by atoms with Crippen LogP contribution >= 0.6 is 0 Å². The number of hydrogen-bond acceptors (Lipinski definition) is 4. The number of nitrogens with two attached hydrogens (primary N) is 1. The van der Waals surface area contributed by atoms with Crippen molar-refractivity contribution < 1.29 is 14.6 Å². The molecule has 1 fully saturated rings. The minimum Gasteiger partial charge on any atom is -0.508 e. The first-order valence-corrected chi connectivity index (χ1v) is 5.46. The molecule has 0 spiro atoms. The standard InChI is InChI=1S/C12H15NO3/c13-11-6-5-8(14)7-10(11)12(15)16-9-3-1-2-4-9/h5-7,9,14H,1-4,13H2. The SMILES string of the molecule is Nc1ccc(O)cc1C(=O)OC1CCCC1. The van der Waals surface area contributed by atoms with Crippen molar-refractivity contribution in [3.8, 4) is 5.75 Å². The summed E-state index contributed by atoms with van der Waals surface area (Å²) in [6.07, 6.45) is 4.06. The van der Waals surface area contributed by atoms with Crippen molar-refractivity contribution >= 4 is 11.7 Å². The number of rotatable bonds is 2. The third-order valence-electron chi connectivity index (χ3n) is 2.83. The van der Waals surface area contributed by atoms with Crippen LogP contribution in [-0.4, -0.2) is 17.2 Å². The Labute approximate surface area is 94.0 Å². The van der Waals surface area contributed by atoms with Crippen LogP contribution in [0.5, 0.6) is 5.75 Å². The van der Waals surface area contributed by atoms with Gasteiger partial charge in [0.15, 0.2) is 0 Å². The predicted octanol–water partition coefficient (Wildman–Crippen LogP) is 2.07. The molecule has 0 atom stereocenters. The van der Waals surface area contributed by atoms with Crippen LogP contribution in [0.25, 0.3) is 0 Å². The van der Waals surface area contributed by atoms with Crippen molar-refractivity contribution in [2.24, 2.45) is 0 Å². The number of benzene rings is 1. The van der Waals surface area contributed by atoms with Crippen LogP contribution in [0.2, 0.25) is 0 Å². The summed E-state index contributed by atoms with van der Waals surface area (Å²) in [4.78, 5) is 11.8. The summed E-state index contributed by atoms with van der Waals surface area (Å²) in [7, 11) is 0. The zero-order valence-corrected chi connectivity index (χ0v) is 8.98. The largest absolute Gasteiger partial charge is 0.508 e. The highest BCUT2D eigenvalue weighted by Gasteiger charge is 2.21. The van der Waals surface area contributed by atoms with Crippen molar-refractivity contribution in [2.45, 2.75) is 31.8 Å². The molecule has 1 aliphatic rings. The number of carbonyl (C=O) groups is 1. The molecule has 0 radical (unpaired) electrons. The second-order valence-corrected chi connectivity index (χ2v) is 4.08. The van der Waals surface area contributed by atoms with Gasteiger partial charge >= 0.3 is 5.97 Å². The highest BCUT2D eigenvalue weighted by Crippen LogP contribution is 2.24. The van der Waals surface area contributed by atoms with E-state index < -0.39 is 5.97 Å². The Kier molecular flexibility index (Phi) is 2.99. The predicted molar refractivity (Wildman–Crippen MR) is 60.2 cm³/mol. The third kappa shape index (κ3) is 2.27. The molecule has 3 N–H and O–H groups in total. The van der Waals surface area contributed by atoms with E-state index in [9.17, 15) is 9.90 Å². The van der Waals surface area contributed by atoms with Gasteiger partial charge in [-0.2, -0.15) is 0 Å². The van der Waals surface area contributed by atoms with E-state index in [0.717, 1.165) is 25.7 Å². The van der Waals surface area contributed by atoms with E-state index in [0.29, 0.717) is 5.69 Å². The lowest BCUT2D eigenvalue weighted by Crippen LogP contribution is -2.15. The van der Waals surface area contributed by atoms with E-state index in [1.165, 1.54) is 18.2 Å². The topological polar surface area (TPSA) is 72.5 Å². The molecule has 0 amide bonds. The first kappa shape index (κ1) is 10.8. The summed E-state index contributed by atoms with van der Waals surface area (Å²) in [5, 5.41) is 9.28. The van der Waals surface area contributed by atoms with Gasteiger partial charge in [0.05, 0.1) is 5.56 Å². The Balaban J connectivity index is 2.10. The van der Waals surface area contributed by atoms with Crippen molar-refractivity contribution in [3.63, 3.8) is 0 Å². The van der Waals surface area contributed by atoms with E-state index in [1.54, 1.807) is 0 Å². The summed E-state index contributed by atoms with van der Waals surface area (Å²) >= 11 is 0. The maximum absolute atomic E-state index is 11.8. The summed E-state index contributed by atoms with van der Waals surface area (Å²) in [6.45, 7) is 0. The Morgan fingerprint density at radius 1 is 1.38 bits per heavy atom. The lowest BCUT2D eigenvalue weighted by Gasteiger charge is -2.12. The van der Waals surface area contributed by atoms with E-state index in [4.69, 9.17) is 10.5 Å². The Morgan fingerprint density at radius 3 is 2.75 bits per heavy atom. The van der Waals surface area contributed by atoms with E-state index in [-0.39, 0.29) is 17.4 Å². The van der Waals surface area contributed by atoms with Gasteiger partial charge in [0.2, 0.25) is 0 Å². The fourth-order valence-corrected chi connectivity index (χ4v) is 1.94. The molecule has 0 aromatic heterocycles. The molecule has 86 valence electrons. The molecule has 2 rings (SSSR count). The Hall–Kier alpha value is -1.71. The minimum atomic E-state index is -0.444. The minimum absolute atomic E-state index is 0.00856. The monoisotopic (exact) mass is 221 g/mol. The fourth-order valence-electron chi connectivity index (χ4n) is 1.94. The Bertz CT molecular complexity index is 397. The van der Waals surface area contributed by atoms with E-state index in [1.807, 2.05) is 0 Å². The number of nitrogen functional groups attached to an aromatic ring is 1. The van der Waals surface area contributed by atoms with Crippen LogP contribution in [0.4, 0.5) is 5.69 Å². The molecule has 0 heterocycles. The maximum Gasteiger partial charge on any atom is 0.340 e. The number of hydrogen-bond donors (Lipinski definition) is 2. The van der Waals surface area contributed by atoms with Gasteiger partial charge in [-0.25, -0.2) is 4.79 Å². The van der Waals surface area contributed by atoms with Gasteiger partial charge in [-0.1, -0.05) is 0 Å². The van der Waals surface area contributed by atoms with E-state index in [2.05, 4.69) is 0 Å². The number of phenols is 1. The van der Waals surface area contributed by atoms with Gasteiger partial charge < -0.3 is 15.6 Å². The van der Waals surface area contributed by atoms with Gasteiger partial charge in [0, 0.05) is 5.69 Å². The molecule has 1 aromatic rings. The van der Waals surface area contributed by atoms with Crippen molar-refractivity contribution in [3.05, 3.63) is 23.8 Å². The number of carbonyl (C=O) groups excluding carboxylic acids is 1. The van der Waals surface area contributed by atoms with Gasteiger partial charge in [-0.3, -0.25) is 0 Å². The second-order valence-electron chi connectivity index (χ2n) is 4.08. The van der Waals surface area contributed by atoms with Crippen molar-refractivity contribution in [1.29, 1.82) is 0 Å². The van der Waals surface area contributed by atoms with E-state index >= 15 is 0 Å². The summed E-state index contributed by atoms with van der Waals surface area (Å²) in [5.41, 5.74) is 6.23. The quantitative estimate of drug-likeness (QED) is 0.455. The van der Waals surface area contributed by atoms with Crippen LogP contribution in [0, 0.1) is 0 Å². The van der Waals surface area contributed by atoms with Crippen LogP contribution in [-0.2, 0) is 4.74 Å². The first-order chi connectivity index (χ1) is 7.66. The molecular formula is C12H15NO3. The van der Waals surface area contributed by atoms with Gasteiger partial charge in [0.25, 0.3) is 0 Å². The molecular weight excluding hydrogens is 206 g/mol. The molecule has 1 aliphatic carbocycles. The van der Waals surface area contributed by atoms with Crippen molar-refractivity contribution in [2.75, 3.05) is 5.73 Å². The van der Waals surface area contributed by atoms with Crippen LogP contribution in [0.3, 0.4) is 0 Å². The number of ether oxygens (including phenoxy) is 1. The number of aromatic hydroxyl groups is 1. The van der Waals surface area contributed by atoms with Crippen LogP contribution in [0.15, 0.2) is 18.2 Å². The second kappa shape index (κ2) is 4.43. The molecule has 0 unspecified atom stereocenters. The maximum atomic E-state index is 11.8. The number of phenolic OH excluding ortho intramolecular Hbond substituents is 1. The summed E-state index contributed by atoms with van der Waals surface area (Å²) < 4.78 is 5.30. The third-order valence-corrected chi connectivity index (χ3v) is 2.83. The molecule has 0 bridgehead atoms. The molecule has 16 heavy (non-hydrogen) atoms. The molecule has 1 aromatic carbocycles. The smallest absolute Gasteiger partial charge is 0.340 e. The van der Waals surface area contributed by atoms with Crippen LogP contribution in [0.1, 0.15) is 36.0 Å². The lowest BCUT2D eigenvalue weighted by atomic mass is 10.1. The van der Waals surface area contributed by atoms with Crippen LogP contribution < -0.4 is 5.73 Å². The number of esters is 1. The molecule has 0 saturated heterocycles. The molecule has 4 heteroatoms. The molecule has 0 aliphatic heterocycles. The summed E-state index contributed by atoms with van der Waals surface area (Å²) in [5.74, 6) is -0.423. The Morgan fingerprint density at radius 2 is 2.06 bits per heavy atom. The molecule has 1 saturated carbocycles. The lowest BCUT2D eigenvalue weighted by molar-refractivity contribution is 0.0318. The average molecular weight is 221 g/mol. The van der Waals surface area contributed by atoms with Gasteiger partial charge in [0.1, 0.15) is 11.9 Å². The zero-order chi connectivity index (χ0) is 11.5. The fraction of sp³-hybridized carbons (Fsp3) is 0.417. The molecule has 4 nitrogen and oxygen atoms in total. The number of anilines is 1. The zero-order valence-electron chi connectivity index (χ0n) is 8.98. The first-order valence-electron chi connectivity index (χ1n) is 5.46. The average Bonchev–Trinajstić information content (AvgIpc) is 2.74. The van der Waals surface area contributed by atoms with Gasteiger partial charge in [-0.15, -0.1) is 0 Å². The highest BCUT2D eigenvalue weighted by atomic mass is 16.5. The summed E-state index contributed by atoms with van der Waals surface area (Å²) in [6, 6.07) is 4.29. The van der Waals surface area contributed by atoms with Crippen molar-refractivity contribution in [1.82, 2.24) is 0 Å². The van der Waals surface area contributed by atoms with Gasteiger partial charge in [-0.05, 0) is 43.9 Å². The highest BCUT2D eigenvalue weighted by molar-refractivity contribution is 5.95. The normalized spacial score (nSPS) is 16.2.